The summed E-state index contributed by atoms with van der Waals surface area (Å²) in [6, 6.07) is 7.28. The predicted molar refractivity (Wildman–Crippen MR) is 103 cm³/mol. The van der Waals surface area contributed by atoms with Gasteiger partial charge in [0.25, 0.3) is 5.08 Å². The molecule has 0 spiro atoms. The van der Waals surface area contributed by atoms with Gasteiger partial charge in [-0.05, 0) is 36.2 Å². The molecule has 160 valence electrons. The summed E-state index contributed by atoms with van der Waals surface area (Å²) in [6.45, 7) is 0. The van der Waals surface area contributed by atoms with Crippen LogP contribution in [0.15, 0.2) is 30.5 Å². The third-order valence-corrected chi connectivity index (χ3v) is 8.91. The molecule has 1 aromatic carbocycles. The molecule has 1 unspecified atom stereocenters. The van der Waals surface area contributed by atoms with E-state index in [2.05, 4.69) is 4.98 Å². The average Bonchev–Trinajstić information content (AvgIpc) is 3.23. The molecule has 2 heterocycles. The predicted octanol–water partition coefficient (Wildman–Crippen LogP) is 1.50. The van der Waals surface area contributed by atoms with Crippen molar-refractivity contribution in [1.82, 2.24) is 4.98 Å². The van der Waals surface area contributed by atoms with Gasteiger partial charge in [0.05, 0.1) is 7.11 Å². The highest BCUT2D eigenvalue weighted by atomic mass is 31.2. The first-order chi connectivity index (χ1) is 13.4. The molecule has 1 aliphatic rings. The Labute approximate surface area is 166 Å². The van der Waals surface area contributed by atoms with Crippen molar-refractivity contribution in [2.75, 3.05) is 7.11 Å². The molecule has 6 N–H and O–H groups in total. The quantitative estimate of drug-likeness (QED) is 0.328. The molecule has 10 nitrogen and oxygen atoms in total. The lowest BCUT2D eigenvalue weighted by Gasteiger charge is -2.29. The van der Waals surface area contributed by atoms with Crippen LogP contribution in [0.4, 0.5) is 0 Å². The highest BCUT2D eigenvalue weighted by Crippen LogP contribution is 2.69. The summed E-state index contributed by atoms with van der Waals surface area (Å²) in [6.07, 6.45) is 1.59. The first-order valence-corrected chi connectivity index (χ1v) is 12.0. The van der Waals surface area contributed by atoms with E-state index in [9.17, 15) is 33.8 Å². The fraction of sp³-hybridized carbons (Fsp3) is 0.412. The molecule has 0 radical (unpaired) electrons. The fourth-order valence-corrected chi connectivity index (χ4v) is 5.56. The number of aryl methyl sites for hydroxylation is 1. The van der Waals surface area contributed by atoms with E-state index in [1.54, 1.807) is 25.4 Å². The van der Waals surface area contributed by atoms with Gasteiger partial charge in [-0.3, -0.25) is 9.13 Å². The van der Waals surface area contributed by atoms with E-state index in [0.29, 0.717) is 18.5 Å². The van der Waals surface area contributed by atoms with E-state index >= 15 is 0 Å². The highest BCUT2D eigenvalue weighted by Gasteiger charge is 2.58. The second kappa shape index (κ2) is 7.89. The van der Waals surface area contributed by atoms with E-state index in [0.717, 1.165) is 22.6 Å². The van der Waals surface area contributed by atoms with Crippen LogP contribution in [0.5, 0.6) is 11.5 Å². The molecule has 1 atom stereocenters. The number of aliphatic hydroxyl groups is 1. The molecule has 1 aliphatic heterocycles. The van der Waals surface area contributed by atoms with Crippen molar-refractivity contribution in [2.24, 2.45) is 0 Å². The lowest BCUT2D eigenvalue weighted by atomic mass is 10.0. The number of hydrogen-bond acceptors (Lipinski definition) is 5. The molecule has 0 amide bonds. The van der Waals surface area contributed by atoms with Crippen LogP contribution < -0.4 is 9.47 Å². The largest absolute Gasteiger partial charge is 0.497 e. The number of rotatable bonds is 8. The molecule has 29 heavy (non-hydrogen) atoms. The second-order valence-electron chi connectivity index (χ2n) is 6.97. The van der Waals surface area contributed by atoms with Gasteiger partial charge in [-0.15, -0.1) is 0 Å². The molecule has 0 aliphatic carbocycles. The van der Waals surface area contributed by atoms with Gasteiger partial charge in [-0.1, -0.05) is 0 Å². The topological polar surface area (TPSA) is 170 Å². The van der Waals surface area contributed by atoms with Gasteiger partial charge in [-0.25, -0.2) is 0 Å². The molecular weight excluding hydrogens is 424 g/mol. The monoisotopic (exact) mass is 447 g/mol. The van der Waals surface area contributed by atoms with Crippen molar-refractivity contribution >= 4 is 15.2 Å². The average molecular weight is 447 g/mol. The SMILES string of the molecule is COc1ccc2c(c1)CC(Cc1cc[nH]c1CCC(O)(P(=O)(O)O)P(=O)(O)O)O2. The maximum atomic E-state index is 11.5. The highest BCUT2D eigenvalue weighted by molar-refractivity contribution is 7.72. The number of benzene rings is 1. The fourth-order valence-electron chi connectivity index (χ4n) is 3.40. The summed E-state index contributed by atoms with van der Waals surface area (Å²) in [4.78, 5) is 40.0. The number of hydrogen-bond donors (Lipinski definition) is 6. The maximum Gasteiger partial charge on any atom is 0.369 e. The van der Waals surface area contributed by atoms with E-state index in [-0.39, 0.29) is 12.5 Å². The van der Waals surface area contributed by atoms with Crippen molar-refractivity contribution < 1.29 is 43.3 Å². The Morgan fingerprint density at radius 1 is 1.21 bits per heavy atom. The van der Waals surface area contributed by atoms with E-state index in [4.69, 9.17) is 9.47 Å². The normalized spacial score (nSPS) is 17.1. The van der Waals surface area contributed by atoms with Crippen LogP contribution in [-0.4, -0.2) is 48.0 Å². The van der Waals surface area contributed by atoms with E-state index in [1.807, 2.05) is 12.1 Å². The third-order valence-electron chi connectivity index (χ3n) is 5.03. The van der Waals surface area contributed by atoms with Crippen molar-refractivity contribution in [1.29, 1.82) is 0 Å². The Morgan fingerprint density at radius 3 is 2.52 bits per heavy atom. The lowest BCUT2D eigenvalue weighted by molar-refractivity contribution is 0.123. The van der Waals surface area contributed by atoms with Crippen LogP contribution in [0.25, 0.3) is 0 Å². The van der Waals surface area contributed by atoms with Gasteiger partial charge >= 0.3 is 15.2 Å². The Kier molecular flexibility index (Phi) is 6.00. The van der Waals surface area contributed by atoms with Crippen LogP contribution in [0.2, 0.25) is 0 Å². The summed E-state index contributed by atoms with van der Waals surface area (Å²) in [5.74, 6) is 1.48. The molecule has 12 heteroatoms. The number of methoxy groups -OCH3 is 1. The smallest absolute Gasteiger partial charge is 0.369 e. The lowest BCUT2D eigenvalue weighted by Crippen LogP contribution is -2.29. The minimum atomic E-state index is -5.48. The van der Waals surface area contributed by atoms with E-state index in [1.165, 1.54) is 0 Å². The number of H-pyrrole nitrogens is 1. The molecular formula is C17H23NO9P2. The van der Waals surface area contributed by atoms with Crippen molar-refractivity contribution in [3.05, 3.63) is 47.3 Å². The summed E-state index contributed by atoms with van der Waals surface area (Å²) in [5, 5.41) is 6.62. The molecule has 1 aromatic heterocycles. The van der Waals surface area contributed by atoms with E-state index < -0.39 is 26.7 Å². The minimum absolute atomic E-state index is 0.164. The first-order valence-electron chi connectivity index (χ1n) is 8.77. The summed E-state index contributed by atoms with van der Waals surface area (Å²) in [7, 11) is -9.37. The van der Waals surface area contributed by atoms with Gasteiger partial charge in [0, 0.05) is 36.7 Å². The standard InChI is InChI=1S/C17H23NO9P2/c1-26-13-2-3-16-12(9-13)10-14(27-16)8-11-5-7-18-15(11)4-6-17(19,28(20,21)22)29(23,24)25/h2-3,5,7,9,14,18-19H,4,6,8,10H2,1H3,(H2,20,21,22)(H2,23,24,25). The number of nitrogens with one attached hydrogen (secondary N) is 1. The molecule has 0 bridgehead atoms. The van der Waals surface area contributed by atoms with Gasteiger partial charge in [0.2, 0.25) is 0 Å². The van der Waals surface area contributed by atoms with Crippen molar-refractivity contribution in [2.45, 2.75) is 36.9 Å². The van der Waals surface area contributed by atoms with Crippen LogP contribution in [0.1, 0.15) is 23.2 Å². The van der Waals surface area contributed by atoms with Gasteiger partial charge in [0.1, 0.15) is 17.6 Å². The Bertz CT molecular complexity index is 955. The Morgan fingerprint density at radius 2 is 1.90 bits per heavy atom. The summed E-state index contributed by atoms with van der Waals surface area (Å²) in [5.41, 5.74) is 2.29. The van der Waals surface area contributed by atoms with Gasteiger partial charge in [-0.2, -0.15) is 0 Å². The number of ether oxygens (including phenoxy) is 2. The second-order valence-corrected chi connectivity index (χ2v) is 11.0. The molecule has 0 saturated heterocycles. The molecule has 2 aromatic rings. The number of aromatic amines is 1. The summed E-state index contributed by atoms with van der Waals surface area (Å²) >= 11 is 0. The zero-order valence-electron chi connectivity index (χ0n) is 15.6. The number of aromatic nitrogens is 1. The first kappa shape index (κ1) is 22.1. The zero-order valence-corrected chi connectivity index (χ0v) is 17.3. The van der Waals surface area contributed by atoms with Crippen LogP contribution in [-0.2, 0) is 28.4 Å². The van der Waals surface area contributed by atoms with Crippen molar-refractivity contribution in [3.8, 4) is 11.5 Å². The van der Waals surface area contributed by atoms with Crippen molar-refractivity contribution in [3.63, 3.8) is 0 Å². The van der Waals surface area contributed by atoms with Gasteiger partial charge in [0.15, 0.2) is 0 Å². The molecule has 3 rings (SSSR count). The zero-order chi connectivity index (χ0) is 21.4. The summed E-state index contributed by atoms with van der Waals surface area (Å²) < 4.78 is 34.2. The number of fused-ring (bicyclic) bond motifs is 1. The Balaban J connectivity index is 1.71. The van der Waals surface area contributed by atoms with Crippen LogP contribution in [0.3, 0.4) is 0 Å². The Hall–Kier alpha value is -1.64. The molecule has 0 saturated carbocycles. The van der Waals surface area contributed by atoms with Crippen LogP contribution >= 0.6 is 15.2 Å². The van der Waals surface area contributed by atoms with Crippen LogP contribution in [0, 0.1) is 0 Å². The third kappa shape index (κ3) is 4.44. The van der Waals surface area contributed by atoms with Gasteiger partial charge < -0.3 is 39.1 Å². The maximum absolute atomic E-state index is 11.5. The minimum Gasteiger partial charge on any atom is -0.497 e. The molecule has 0 fully saturated rings.